The molecule has 0 unspecified atom stereocenters. The van der Waals surface area contributed by atoms with Crippen molar-refractivity contribution in [3.63, 3.8) is 0 Å². The van der Waals surface area contributed by atoms with E-state index in [1.807, 2.05) is 31.2 Å². The molecule has 1 atom stereocenters. The van der Waals surface area contributed by atoms with Gasteiger partial charge >= 0.3 is 0 Å². The Morgan fingerprint density at radius 1 is 1.09 bits per heavy atom. The van der Waals surface area contributed by atoms with Crippen LogP contribution in [-0.2, 0) is 21.2 Å². The van der Waals surface area contributed by atoms with Gasteiger partial charge in [-0.1, -0.05) is 25.1 Å². The quantitative estimate of drug-likeness (QED) is 0.674. The van der Waals surface area contributed by atoms with Crippen LogP contribution in [0.4, 0.5) is 5.69 Å². The number of benzene rings is 1. The predicted octanol–water partition coefficient (Wildman–Crippen LogP) is 3.24. The highest BCUT2D eigenvalue weighted by Gasteiger charge is 2.34. The number of nitrogens with one attached hydrogen (secondary N) is 2. The Balaban J connectivity index is 1.44. The van der Waals surface area contributed by atoms with Crippen molar-refractivity contribution in [1.82, 2.24) is 14.2 Å². The number of anilines is 1. The molecule has 1 aromatic carbocycles. The minimum atomic E-state index is -3.81. The van der Waals surface area contributed by atoms with E-state index in [1.165, 1.54) is 16.6 Å². The lowest BCUT2D eigenvalue weighted by Crippen LogP contribution is -2.43. The Labute approximate surface area is 195 Å². The van der Waals surface area contributed by atoms with Crippen LogP contribution in [0.15, 0.2) is 41.4 Å². The number of hydrogen-bond donors (Lipinski definition) is 2. The molecule has 2 aliphatic heterocycles. The summed E-state index contributed by atoms with van der Waals surface area (Å²) in [4.78, 5) is 30.3. The van der Waals surface area contributed by atoms with Gasteiger partial charge in [0.1, 0.15) is 10.6 Å². The minimum absolute atomic E-state index is 0.0697. The van der Waals surface area contributed by atoms with Gasteiger partial charge in [0.15, 0.2) is 0 Å². The zero-order chi connectivity index (χ0) is 23.4. The Bertz CT molecular complexity index is 1110. The molecule has 2 saturated heterocycles. The van der Waals surface area contributed by atoms with Gasteiger partial charge < -0.3 is 15.2 Å². The van der Waals surface area contributed by atoms with E-state index < -0.39 is 15.9 Å². The number of H-pyrrole nitrogens is 1. The number of sulfonamides is 1. The van der Waals surface area contributed by atoms with Crippen molar-refractivity contribution in [2.75, 3.05) is 31.5 Å². The molecule has 0 bridgehead atoms. The number of carbonyl (C=O) groups is 2. The molecule has 2 aromatic rings. The second kappa shape index (κ2) is 10.1. The molecule has 2 amide bonds. The fourth-order valence-corrected chi connectivity index (χ4v) is 6.14. The van der Waals surface area contributed by atoms with Crippen LogP contribution in [0.1, 0.15) is 55.1 Å². The van der Waals surface area contributed by atoms with Crippen LogP contribution >= 0.6 is 0 Å². The molecule has 0 saturated carbocycles. The van der Waals surface area contributed by atoms with Gasteiger partial charge in [0, 0.05) is 38.1 Å². The standard InChI is InChI=1S/C24H32N4O4S/c1-2-18-9-4-5-11-21(18)26-23(29)19-10-8-14-28(17-19)33(31,32)20-15-22(25-16-20)24(30)27-12-6-3-7-13-27/h4-5,9,11,15-16,19,25H,2-3,6-8,10,12-14,17H2,1H3,(H,26,29)/t19-/m0/s1. The number of likely N-dealkylation sites (tertiary alicyclic amines) is 1. The monoisotopic (exact) mass is 472 g/mol. The van der Waals surface area contributed by atoms with Crippen molar-refractivity contribution in [2.24, 2.45) is 5.92 Å². The fourth-order valence-electron chi connectivity index (χ4n) is 4.62. The third kappa shape index (κ3) is 5.14. The molecule has 4 rings (SSSR count). The van der Waals surface area contributed by atoms with Crippen LogP contribution in [-0.4, -0.2) is 60.6 Å². The third-order valence-electron chi connectivity index (χ3n) is 6.58. The number of aromatic nitrogens is 1. The average Bonchev–Trinajstić information content (AvgIpc) is 3.36. The predicted molar refractivity (Wildman–Crippen MR) is 126 cm³/mol. The molecule has 1 aromatic heterocycles. The number of hydrogen-bond acceptors (Lipinski definition) is 4. The lowest BCUT2D eigenvalue weighted by Gasteiger charge is -2.31. The summed E-state index contributed by atoms with van der Waals surface area (Å²) in [5, 5.41) is 2.98. The van der Waals surface area contributed by atoms with Gasteiger partial charge in [0.25, 0.3) is 5.91 Å². The Hall–Kier alpha value is -2.65. The summed E-state index contributed by atoms with van der Waals surface area (Å²) in [5.41, 5.74) is 2.11. The van der Waals surface area contributed by atoms with Gasteiger partial charge in [-0.3, -0.25) is 9.59 Å². The van der Waals surface area contributed by atoms with Crippen molar-refractivity contribution in [1.29, 1.82) is 0 Å². The zero-order valence-electron chi connectivity index (χ0n) is 19.0. The topological polar surface area (TPSA) is 103 Å². The van der Waals surface area contributed by atoms with E-state index in [0.29, 0.717) is 32.5 Å². The van der Waals surface area contributed by atoms with E-state index in [-0.39, 0.29) is 28.9 Å². The molecule has 3 heterocycles. The maximum absolute atomic E-state index is 13.3. The van der Waals surface area contributed by atoms with E-state index in [0.717, 1.165) is 36.9 Å². The van der Waals surface area contributed by atoms with Gasteiger partial charge in [-0.2, -0.15) is 4.31 Å². The molecular formula is C24H32N4O4S. The minimum Gasteiger partial charge on any atom is -0.356 e. The summed E-state index contributed by atoms with van der Waals surface area (Å²) in [6.07, 6.45) is 6.48. The van der Waals surface area contributed by atoms with E-state index in [4.69, 9.17) is 0 Å². The molecule has 0 aliphatic carbocycles. The van der Waals surface area contributed by atoms with Crippen molar-refractivity contribution in [3.8, 4) is 0 Å². The van der Waals surface area contributed by atoms with Crippen molar-refractivity contribution in [3.05, 3.63) is 47.8 Å². The number of aryl methyl sites for hydroxylation is 1. The summed E-state index contributed by atoms with van der Waals surface area (Å²) in [6.45, 7) is 3.91. The highest BCUT2D eigenvalue weighted by Crippen LogP contribution is 2.26. The number of piperidine rings is 2. The number of carbonyl (C=O) groups excluding carboxylic acids is 2. The van der Waals surface area contributed by atoms with Gasteiger partial charge in [-0.15, -0.1) is 0 Å². The lowest BCUT2D eigenvalue weighted by molar-refractivity contribution is -0.120. The fraction of sp³-hybridized carbons (Fsp3) is 0.500. The second-order valence-electron chi connectivity index (χ2n) is 8.80. The maximum atomic E-state index is 13.3. The molecule has 0 radical (unpaired) electrons. The van der Waals surface area contributed by atoms with Gasteiger partial charge in [-0.25, -0.2) is 8.42 Å². The van der Waals surface area contributed by atoms with Gasteiger partial charge in [-0.05, 0) is 56.2 Å². The molecule has 2 N–H and O–H groups in total. The largest absolute Gasteiger partial charge is 0.356 e. The van der Waals surface area contributed by atoms with E-state index >= 15 is 0 Å². The number of aromatic amines is 1. The first-order valence-corrected chi connectivity index (χ1v) is 13.2. The maximum Gasteiger partial charge on any atom is 0.270 e. The Kier molecular flexibility index (Phi) is 7.19. The van der Waals surface area contributed by atoms with Crippen LogP contribution in [0.25, 0.3) is 0 Å². The SMILES string of the molecule is CCc1ccccc1NC(=O)[C@H]1CCCN(S(=O)(=O)c2c[nH]c(C(=O)N3CCCCC3)c2)C1. The number of nitrogens with zero attached hydrogens (tertiary/aromatic N) is 2. The zero-order valence-corrected chi connectivity index (χ0v) is 19.9. The molecule has 8 nitrogen and oxygen atoms in total. The Morgan fingerprint density at radius 2 is 1.85 bits per heavy atom. The summed E-state index contributed by atoms with van der Waals surface area (Å²) < 4.78 is 27.9. The van der Waals surface area contributed by atoms with Crippen molar-refractivity contribution in [2.45, 2.75) is 50.3 Å². The van der Waals surface area contributed by atoms with E-state index in [2.05, 4.69) is 10.3 Å². The van der Waals surface area contributed by atoms with Crippen LogP contribution in [0.2, 0.25) is 0 Å². The summed E-state index contributed by atoms with van der Waals surface area (Å²) in [6, 6.07) is 9.08. The second-order valence-corrected chi connectivity index (χ2v) is 10.7. The first-order valence-electron chi connectivity index (χ1n) is 11.8. The Morgan fingerprint density at radius 3 is 2.61 bits per heavy atom. The molecule has 0 spiro atoms. The van der Waals surface area contributed by atoms with Crippen molar-refractivity contribution < 1.29 is 18.0 Å². The van der Waals surface area contributed by atoms with Crippen LogP contribution in [0.5, 0.6) is 0 Å². The first-order chi connectivity index (χ1) is 15.9. The number of para-hydroxylation sites is 1. The molecule has 2 aliphatic rings. The molecule has 178 valence electrons. The molecule has 2 fully saturated rings. The molecular weight excluding hydrogens is 440 g/mol. The van der Waals surface area contributed by atoms with Gasteiger partial charge in [0.05, 0.1) is 5.92 Å². The highest BCUT2D eigenvalue weighted by molar-refractivity contribution is 7.89. The highest BCUT2D eigenvalue weighted by atomic mass is 32.2. The van der Waals surface area contributed by atoms with Crippen LogP contribution in [0.3, 0.4) is 0 Å². The average molecular weight is 473 g/mol. The van der Waals surface area contributed by atoms with E-state index in [1.54, 1.807) is 4.90 Å². The molecule has 33 heavy (non-hydrogen) atoms. The first kappa shape index (κ1) is 23.5. The number of rotatable bonds is 6. The third-order valence-corrected chi connectivity index (χ3v) is 8.42. The smallest absolute Gasteiger partial charge is 0.270 e. The van der Waals surface area contributed by atoms with Crippen LogP contribution < -0.4 is 5.32 Å². The molecule has 9 heteroatoms. The van der Waals surface area contributed by atoms with Gasteiger partial charge in [0.2, 0.25) is 15.9 Å². The van der Waals surface area contributed by atoms with Crippen LogP contribution in [0, 0.1) is 5.92 Å². The summed E-state index contributed by atoms with van der Waals surface area (Å²) in [5.74, 6) is -0.751. The number of amides is 2. The summed E-state index contributed by atoms with van der Waals surface area (Å²) >= 11 is 0. The normalized spacial score (nSPS) is 19.9. The lowest BCUT2D eigenvalue weighted by atomic mass is 9.98. The van der Waals surface area contributed by atoms with E-state index in [9.17, 15) is 18.0 Å². The summed E-state index contributed by atoms with van der Waals surface area (Å²) in [7, 11) is -3.81. The van der Waals surface area contributed by atoms with Crippen molar-refractivity contribution >= 4 is 27.5 Å².